The average molecular weight is 829 g/mol. The number of benzene rings is 2. The molecule has 2 aromatic carbocycles. The van der Waals surface area contributed by atoms with Crippen molar-refractivity contribution in [1.82, 2.24) is 15.1 Å². The van der Waals surface area contributed by atoms with Gasteiger partial charge in [0.1, 0.15) is 5.69 Å². The fourth-order valence-electron chi connectivity index (χ4n) is 11.8. The number of fused-ring (bicyclic) bond motifs is 5. The second kappa shape index (κ2) is 16.6. The first-order valence-electron chi connectivity index (χ1n) is 22.2. The van der Waals surface area contributed by atoms with Gasteiger partial charge in [-0.15, -0.1) is 0 Å². The van der Waals surface area contributed by atoms with E-state index < -0.39 is 21.0 Å². The van der Waals surface area contributed by atoms with Crippen molar-refractivity contribution < 1.29 is 26.5 Å². The Morgan fingerprint density at radius 2 is 1.53 bits per heavy atom. The zero-order valence-corrected chi connectivity index (χ0v) is 36.1. The normalized spacial score (nSPS) is 28.9. The van der Waals surface area contributed by atoms with Gasteiger partial charge in [-0.05, 0) is 130 Å². The van der Waals surface area contributed by atoms with Crippen LogP contribution in [0.15, 0.2) is 70.2 Å². The van der Waals surface area contributed by atoms with Crippen molar-refractivity contribution in [1.29, 1.82) is 0 Å². The van der Waals surface area contributed by atoms with Crippen LogP contribution in [0.3, 0.4) is 0 Å². The standard InChI is InChI=1S/C48H62F2N4O4S/c1-31(2)59(55,56)36-18-15-34(16-19-36)41-30-52-45(51)44(53-41)42-28-40(54-58-42)33-13-11-32(12-14-33)10-8-6-5-7-9-27-57-43-22-21-38-37-20-17-35-29-48(49,50)26-25-46(35,3)39(37)23-24-47(38,43)4/h11-16,18-19,28,30-31,35,37-39,43H,5-10,17,20-27,29H2,1-4H3,(H2,51,52)/t35-,37-,38-,39-,43-,46-,47-/m0/s1. The Kier molecular flexibility index (Phi) is 11.8. The summed E-state index contributed by atoms with van der Waals surface area (Å²) in [6.07, 6.45) is 16.5. The molecule has 318 valence electrons. The van der Waals surface area contributed by atoms with E-state index in [1.807, 2.05) is 6.07 Å². The number of anilines is 1. The highest BCUT2D eigenvalue weighted by Crippen LogP contribution is 2.67. The minimum atomic E-state index is -3.38. The van der Waals surface area contributed by atoms with Crippen molar-refractivity contribution in [2.75, 3.05) is 12.3 Å². The van der Waals surface area contributed by atoms with Crippen LogP contribution in [-0.4, -0.2) is 47.4 Å². The number of aromatic nitrogens is 3. The number of sulfone groups is 1. The summed E-state index contributed by atoms with van der Waals surface area (Å²) in [7, 11) is -3.38. The third-order valence-electron chi connectivity index (χ3n) is 15.4. The molecule has 4 aromatic rings. The molecule has 0 unspecified atom stereocenters. The van der Waals surface area contributed by atoms with E-state index in [0.717, 1.165) is 50.7 Å². The fraction of sp³-hybridized carbons (Fsp3) is 0.604. The van der Waals surface area contributed by atoms with Crippen molar-refractivity contribution >= 4 is 15.7 Å². The van der Waals surface area contributed by atoms with E-state index in [4.69, 9.17) is 20.0 Å². The van der Waals surface area contributed by atoms with Crippen LogP contribution in [0.5, 0.6) is 0 Å². The van der Waals surface area contributed by atoms with Gasteiger partial charge in [0.2, 0.25) is 5.92 Å². The van der Waals surface area contributed by atoms with Gasteiger partial charge >= 0.3 is 0 Å². The number of nitrogens with two attached hydrogens (primary N) is 1. The maximum atomic E-state index is 14.3. The van der Waals surface area contributed by atoms with Crippen LogP contribution >= 0.6 is 0 Å². The molecule has 2 heterocycles. The highest BCUT2D eigenvalue weighted by Gasteiger charge is 2.62. The molecule has 11 heteroatoms. The van der Waals surface area contributed by atoms with Gasteiger partial charge in [-0.1, -0.05) is 74.7 Å². The predicted molar refractivity (Wildman–Crippen MR) is 228 cm³/mol. The second-order valence-electron chi connectivity index (χ2n) is 19.1. The third-order valence-corrected chi connectivity index (χ3v) is 17.5. The number of unbranched alkanes of at least 4 members (excludes halogenated alkanes) is 4. The molecular formula is C48H62F2N4O4S. The molecule has 7 atom stereocenters. The maximum Gasteiger partial charge on any atom is 0.248 e. The van der Waals surface area contributed by atoms with Gasteiger partial charge in [-0.3, -0.25) is 0 Å². The van der Waals surface area contributed by atoms with Crippen LogP contribution in [0.4, 0.5) is 14.6 Å². The van der Waals surface area contributed by atoms with E-state index in [0.29, 0.717) is 58.7 Å². The highest BCUT2D eigenvalue weighted by atomic mass is 32.2. The summed E-state index contributed by atoms with van der Waals surface area (Å²) < 4.78 is 66.2. The first kappa shape index (κ1) is 42.0. The number of halogens is 2. The van der Waals surface area contributed by atoms with Crippen LogP contribution in [0.1, 0.15) is 123 Å². The van der Waals surface area contributed by atoms with E-state index in [2.05, 4.69) is 48.3 Å². The largest absolute Gasteiger partial charge is 0.382 e. The van der Waals surface area contributed by atoms with Gasteiger partial charge < -0.3 is 15.0 Å². The fourth-order valence-corrected chi connectivity index (χ4v) is 12.8. The zero-order chi connectivity index (χ0) is 41.6. The smallest absolute Gasteiger partial charge is 0.248 e. The molecule has 4 saturated carbocycles. The first-order chi connectivity index (χ1) is 28.2. The van der Waals surface area contributed by atoms with E-state index in [1.54, 1.807) is 44.3 Å². The van der Waals surface area contributed by atoms with E-state index in [9.17, 15) is 17.2 Å². The minimum absolute atomic E-state index is 0.0829. The van der Waals surface area contributed by atoms with Crippen LogP contribution in [0.25, 0.3) is 34.0 Å². The summed E-state index contributed by atoms with van der Waals surface area (Å²) in [5, 5.41) is 3.78. The van der Waals surface area contributed by atoms with Gasteiger partial charge in [0.25, 0.3) is 0 Å². The summed E-state index contributed by atoms with van der Waals surface area (Å²) in [6.45, 7) is 9.03. The van der Waals surface area contributed by atoms with Gasteiger partial charge in [-0.2, -0.15) is 0 Å². The zero-order valence-electron chi connectivity index (χ0n) is 35.3. The van der Waals surface area contributed by atoms with Crippen molar-refractivity contribution in [2.45, 2.75) is 146 Å². The Hall–Kier alpha value is -3.70. The number of ether oxygens (including phenoxy) is 1. The number of alkyl halides is 2. The lowest BCUT2D eigenvalue weighted by atomic mass is 9.45. The maximum absolute atomic E-state index is 14.3. The van der Waals surface area contributed by atoms with E-state index in [-0.39, 0.29) is 40.3 Å². The number of hydrogen-bond donors (Lipinski definition) is 1. The molecule has 8 rings (SSSR count). The Morgan fingerprint density at radius 3 is 2.29 bits per heavy atom. The van der Waals surface area contributed by atoms with Gasteiger partial charge in [0, 0.05) is 36.6 Å². The SMILES string of the molecule is CC(C)S(=O)(=O)c1ccc(-c2cnc(N)c(-c3cc(-c4ccc(CCCCCCCO[C@H]5CC[C@H]6[C@@H]7CC[C@H]8CC(F)(F)CC[C@]8(C)[C@H]7CC[C@]56C)cc4)no3)n2)cc1. The molecule has 4 fully saturated rings. The summed E-state index contributed by atoms with van der Waals surface area (Å²) in [5.74, 6) is 0.328. The van der Waals surface area contributed by atoms with Crippen molar-refractivity contribution in [2.24, 2.45) is 34.5 Å². The van der Waals surface area contributed by atoms with Crippen LogP contribution in [0, 0.1) is 34.5 Å². The molecule has 8 nitrogen and oxygen atoms in total. The van der Waals surface area contributed by atoms with Gasteiger partial charge in [-0.25, -0.2) is 27.2 Å². The van der Waals surface area contributed by atoms with Crippen molar-refractivity contribution in [3.63, 3.8) is 0 Å². The molecular weight excluding hydrogens is 767 g/mol. The Labute approximate surface area is 349 Å². The Balaban J connectivity index is 0.762. The molecule has 4 aliphatic rings. The summed E-state index contributed by atoms with van der Waals surface area (Å²) in [6, 6.07) is 16.9. The van der Waals surface area contributed by atoms with E-state index >= 15 is 0 Å². The molecule has 4 aliphatic carbocycles. The lowest BCUT2D eigenvalue weighted by Crippen LogP contribution is -2.55. The lowest BCUT2D eigenvalue weighted by Gasteiger charge is -2.61. The number of nitrogens with zero attached hydrogens (tertiary/aromatic N) is 3. The Bertz CT molecular complexity index is 2190. The summed E-state index contributed by atoms with van der Waals surface area (Å²) in [4.78, 5) is 9.29. The highest BCUT2D eigenvalue weighted by molar-refractivity contribution is 7.92. The van der Waals surface area contributed by atoms with Crippen LogP contribution in [-0.2, 0) is 21.0 Å². The van der Waals surface area contributed by atoms with Crippen molar-refractivity contribution in [3.05, 3.63) is 66.4 Å². The Morgan fingerprint density at radius 1 is 0.831 bits per heavy atom. The monoisotopic (exact) mass is 828 g/mol. The summed E-state index contributed by atoms with van der Waals surface area (Å²) in [5.41, 5.74) is 11.1. The molecule has 0 amide bonds. The second-order valence-corrected chi connectivity index (χ2v) is 21.6. The first-order valence-corrected chi connectivity index (χ1v) is 23.8. The third kappa shape index (κ3) is 8.36. The van der Waals surface area contributed by atoms with Crippen LogP contribution in [0.2, 0.25) is 0 Å². The molecule has 0 radical (unpaired) electrons. The number of hydrogen-bond acceptors (Lipinski definition) is 8. The molecule has 0 bridgehead atoms. The average Bonchev–Trinajstić information content (AvgIpc) is 3.84. The van der Waals surface area contributed by atoms with E-state index in [1.165, 1.54) is 44.1 Å². The van der Waals surface area contributed by atoms with Crippen molar-refractivity contribution in [3.8, 4) is 34.0 Å². The molecule has 0 saturated heterocycles. The molecule has 2 N–H and O–H groups in total. The van der Waals surface area contributed by atoms with Gasteiger partial charge in [0.15, 0.2) is 27.1 Å². The number of aryl methyl sites for hydroxylation is 1. The number of rotatable bonds is 14. The quantitative estimate of drug-likeness (QED) is 0.125. The number of nitrogen functional groups attached to an aromatic ring is 1. The summed E-state index contributed by atoms with van der Waals surface area (Å²) >= 11 is 0. The molecule has 2 aromatic heterocycles. The lowest BCUT2D eigenvalue weighted by molar-refractivity contribution is -0.169. The van der Waals surface area contributed by atoms with Crippen LogP contribution < -0.4 is 5.73 Å². The molecule has 59 heavy (non-hydrogen) atoms. The molecule has 0 aliphatic heterocycles. The molecule has 0 spiro atoms. The minimum Gasteiger partial charge on any atom is -0.382 e. The topological polar surface area (TPSA) is 121 Å². The van der Waals surface area contributed by atoms with Gasteiger partial charge in [0.05, 0.1) is 28.1 Å². The predicted octanol–water partition coefficient (Wildman–Crippen LogP) is 11.8.